The van der Waals surface area contributed by atoms with Crippen molar-refractivity contribution in [3.05, 3.63) is 111 Å². The molecule has 12 N–H and O–H groups in total. The van der Waals surface area contributed by atoms with Gasteiger partial charge in [-0.15, -0.1) is 0 Å². The first-order valence-corrected chi connectivity index (χ1v) is 34.5. The molecule has 0 bridgehead atoms. The number of carbonyl (C=O) groups is 1. The Hall–Kier alpha value is -7.08. The molecule has 7 aromatic rings. The first kappa shape index (κ1) is 76.6. The molecule has 15 atom stereocenters. The molecule has 8 fully saturated rings. The molecule has 101 heavy (non-hydrogen) atoms. The normalized spacial score (nSPS) is 29.6. The largest absolute Gasteiger partial charge is 0.479 e. The Morgan fingerprint density at radius 3 is 1.60 bits per heavy atom. The standard InChI is InChI=1S/C16H15N3O3.2C12H16N4O4.C11H18N2O2.2C9H17NO2/c1-21-16-15-14(17-10-18-16)13(8-20)7-19(15)11-22-9-12-5-3-2-4-6-12;2*17-4-7-11(19)8(18)3-16(7)2-6-1-13-10-9(6)14-5-15-12(10)20;1-4-8-10-9(7-13(8)6-5-12)14-11(2,3)15-10;2*1-4-6-8-7(5-10-6)11-9(2,3)12-8/h2-8,10H,9,11H2,1H3;2*1,5,7-8,11,13,17-19H,2-4H2,(H,14,15,20);8-10H,4,6-7H2,1-3H3;2*6-8,10H,4-5H2,1-3H3/t;2*7-,8?,11+;8-,9?,10+;2*6-,7?,8+/m.11111/s1. The second kappa shape index (κ2) is 33.6. The Morgan fingerprint density at radius 2 is 1.14 bits per heavy atom. The fourth-order valence-corrected chi connectivity index (χ4v) is 14.6. The van der Waals surface area contributed by atoms with E-state index in [1.165, 1.54) is 26.1 Å². The SMILES string of the molecule is CC[C@@H]1[C@@H]2OC(C)(C)OC2CN1CC#N.CC[C@H]1NCC2OC(C)(C)O[C@H]21.CC[C@H]1NCC2OC(C)(C)O[C@H]21.COc1ncnc2c(C=O)cn(COCc3ccccc3)c12.O=c1[nH]cnc2c(CN3CC(O)[C@@H](O)[C@H]3CO)c[nH]c12.O=c1[nH]cnc2c(CN3CC(O)[C@@H](O)[C@H]3CO)c[nH]c12. The Bertz CT molecular complexity index is 3830. The van der Waals surface area contributed by atoms with Gasteiger partial charge in [-0.3, -0.25) is 29.1 Å². The van der Waals surface area contributed by atoms with Gasteiger partial charge in [0.15, 0.2) is 23.6 Å². The minimum absolute atomic E-state index is 0.137. The van der Waals surface area contributed by atoms with Crippen molar-refractivity contribution in [2.24, 2.45) is 0 Å². The predicted octanol–water partition coefficient (Wildman–Crippen LogP) is 1.63. The number of ether oxygens (including phenoxy) is 8. The molecule has 5 unspecified atom stereocenters. The van der Waals surface area contributed by atoms with Crippen LogP contribution in [0.5, 0.6) is 5.88 Å². The number of hydrogen-bond acceptors (Lipinski definition) is 27. The third kappa shape index (κ3) is 17.8. The molecule has 0 aliphatic carbocycles. The van der Waals surface area contributed by atoms with Crippen molar-refractivity contribution in [3.8, 4) is 11.9 Å². The van der Waals surface area contributed by atoms with Gasteiger partial charge in [-0.2, -0.15) is 10.2 Å². The van der Waals surface area contributed by atoms with Crippen molar-refractivity contribution in [2.75, 3.05) is 59.6 Å². The second-order valence-electron chi connectivity index (χ2n) is 27.6. The summed E-state index contributed by atoms with van der Waals surface area (Å²) in [5.74, 6) is -0.779. The van der Waals surface area contributed by atoms with Gasteiger partial charge >= 0.3 is 0 Å². The van der Waals surface area contributed by atoms with Crippen LogP contribution in [0.2, 0.25) is 0 Å². The van der Waals surface area contributed by atoms with Crippen LogP contribution in [0.1, 0.15) is 109 Å². The molecular formula is C69H99N15O17. The molecule has 32 nitrogen and oxygen atoms in total. The highest BCUT2D eigenvalue weighted by atomic mass is 16.8. The van der Waals surface area contributed by atoms with Crippen LogP contribution in [0.3, 0.4) is 0 Å². The van der Waals surface area contributed by atoms with Gasteiger partial charge in [0.2, 0.25) is 5.88 Å². The number of aliphatic hydroxyl groups is 6. The summed E-state index contributed by atoms with van der Waals surface area (Å²) in [6.07, 6.45) is 10.7. The van der Waals surface area contributed by atoms with Crippen LogP contribution in [-0.4, -0.2) is 264 Å². The minimum atomic E-state index is -0.971. The summed E-state index contributed by atoms with van der Waals surface area (Å²) in [5.41, 5.74) is 5.75. The van der Waals surface area contributed by atoms with Crippen molar-refractivity contribution in [1.82, 2.24) is 69.8 Å². The highest BCUT2D eigenvalue weighted by Gasteiger charge is 2.52. The number of likely N-dealkylation sites (tertiary alicyclic amines) is 3. The molecular weight excluding hydrogens is 1310 g/mol. The lowest BCUT2D eigenvalue weighted by atomic mass is 10.1. The number of β-amino-alcohol motifs (C(OH)–C–C–N with tert-alkyl or cyclic N) is 2. The van der Waals surface area contributed by atoms with Crippen molar-refractivity contribution < 1.29 is 73.3 Å². The fourth-order valence-electron chi connectivity index (χ4n) is 14.6. The third-order valence-corrected chi connectivity index (χ3v) is 19.3. The molecule has 552 valence electrons. The van der Waals surface area contributed by atoms with Gasteiger partial charge < -0.3 is 104 Å². The van der Waals surface area contributed by atoms with Crippen LogP contribution < -0.4 is 26.5 Å². The number of aldehydes is 1. The number of nitriles is 1. The van der Waals surface area contributed by atoms with E-state index < -0.39 is 42.3 Å². The van der Waals surface area contributed by atoms with E-state index in [4.69, 9.17) is 43.2 Å². The molecule has 0 spiro atoms. The lowest BCUT2D eigenvalue weighted by Crippen LogP contribution is -2.38. The summed E-state index contributed by atoms with van der Waals surface area (Å²) in [4.78, 5) is 67.3. The highest BCUT2D eigenvalue weighted by molar-refractivity contribution is 5.96. The monoisotopic (exact) mass is 1410 g/mol. The smallest absolute Gasteiger partial charge is 0.275 e. The van der Waals surface area contributed by atoms with Gasteiger partial charge in [0.05, 0.1) is 105 Å². The van der Waals surface area contributed by atoms with Gasteiger partial charge in [0.25, 0.3) is 11.1 Å². The number of methoxy groups -OCH3 is 1. The van der Waals surface area contributed by atoms with Gasteiger partial charge in [-0.25, -0.2) is 15.0 Å². The predicted molar refractivity (Wildman–Crippen MR) is 368 cm³/mol. The number of fused-ring (bicyclic) bond motifs is 6. The van der Waals surface area contributed by atoms with E-state index >= 15 is 0 Å². The number of hydrogen-bond donors (Lipinski definition) is 12. The van der Waals surface area contributed by atoms with Crippen molar-refractivity contribution in [3.63, 3.8) is 0 Å². The maximum atomic E-state index is 11.6. The van der Waals surface area contributed by atoms with E-state index in [9.17, 15) is 45.0 Å². The summed E-state index contributed by atoms with van der Waals surface area (Å²) in [5, 5.41) is 73.1. The first-order chi connectivity index (χ1) is 48.4. The summed E-state index contributed by atoms with van der Waals surface area (Å²) in [7, 11) is 1.53. The van der Waals surface area contributed by atoms with Crippen molar-refractivity contribution in [1.29, 1.82) is 5.26 Å². The Morgan fingerprint density at radius 1 is 0.634 bits per heavy atom. The average Bonchev–Trinajstić information content (AvgIpc) is 1.63. The van der Waals surface area contributed by atoms with Gasteiger partial charge in [0, 0.05) is 93.7 Å². The topological polar surface area (TPSA) is 424 Å². The van der Waals surface area contributed by atoms with Crippen molar-refractivity contribution >= 4 is 39.4 Å². The highest BCUT2D eigenvalue weighted by Crippen LogP contribution is 2.39. The number of H-pyrrole nitrogens is 4. The van der Waals surface area contributed by atoms with E-state index in [1.807, 2.05) is 71.9 Å². The maximum absolute atomic E-state index is 11.6. The fraction of sp³-hybridized carbons (Fsp3) is 0.623. The summed E-state index contributed by atoms with van der Waals surface area (Å²) < 4.78 is 47.4. The van der Waals surface area contributed by atoms with Crippen LogP contribution in [0.15, 0.2) is 77.5 Å². The van der Waals surface area contributed by atoms with Crippen LogP contribution in [-0.2, 0) is 59.6 Å². The zero-order chi connectivity index (χ0) is 72.5. The maximum Gasteiger partial charge on any atom is 0.275 e. The molecule has 0 radical (unpaired) electrons. The van der Waals surface area contributed by atoms with Crippen molar-refractivity contribution in [2.45, 2.75) is 217 Å². The molecule has 32 heteroatoms. The molecule has 0 amide bonds. The summed E-state index contributed by atoms with van der Waals surface area (Å²) in [6.45, 7) is 23.1. The van der Waals surface area contributed by atoms with Gasteiger partial charge in [-0.05, 0) is 66.4 Å². The minimum Gasteiger partial charge on any atom is -0.479 e. The molecule has 6 aromatic heterocycles. The molecule has 8 aliphatic heterocycles. The van der Waals surface area contributed by atoms with Gasteiger partial charge in [0.1, 0.15) is 71.7 Å². The molecule has 14 heterocycles. The molecule has 1 aromatic carbocycles. The number of aromatic nitrogens is 9. The van der Waals surface area contributed by atoms with E-state index in [0.29, 0.717) is 88.9 Å². The Labute approximate surface area is 584 Å². The number of carbonyl (C=O) groups excluding carboxylic acids is 1. The Balaban J connectivity index is 0.000000133. The number of nitrogens with zero attached hydrogens (tertiary/aromatic N) is 9. The van der Waals surface area contributed by atoms with E-state index in [-0.39, 0.29) is 92.4 Å². The molecule has 0 saturated carbocycles. The number of aliphatic hydroxyl groups excluding tert-OH is 6. The van der Waals surface area contributed by atoms with Crippen LogP contribution >= 0.6 is 0 Å². The quantitative estimate of drug-likeness (QED) is 0.0483. The van der Waals surface area contributed by atoms with Crippen LogP contribution in [0, 0.1) is 11.3 Å². The zero-order valence-electron chi connectivity index (χ0n) is 58.9. The third-order valence-electron chi connectivity index (χ3n) is 19.3. The molecule has 15 rings (SSSR count). The molecule has 8 saturated heterocycles. The van der Waals surface area contributed by atoms with E-state index in [0.717, 1.165) is 61.9 Å². The van der Waals surface area contributed by atoms with E-state index in [1.54, 1.807) is 33.0 Å². The van der Waals surface area contributed by atoms with E-state index in [2.05, 4.69) is 82.2 Å². The van der Waals surface area contributed by atoms with Crippen LogP contribution in [0.25, 0.3) is 33.1 Å². The van der Waals surface area contributed by atoms with Gasteiger partial charge in [-0.1, -0.05) is 51.1 Å². The zero-order valence-corrected chi connectivity index (χ0v) is 58.9. The average molecular weight is 1410 g/mol. The lowest BCUT2D eigenvalue weighted by molar-refractivity contribution is -0.161. The lowest BCUT2D eigenvalue weighted by Gasteiger charge is -2.27. The number of rotatable bonds is 16. The Kier molecular flexibility index (Phi) is 25.4. The number of benzene rings is 1. The second-order valence-corrected chi connectivity index (χ2v) is 27.6. The summed E-state index contributed by atoms with van der Waals surface area (Å²) >= 11 is 0. The summed E-state index contributed by atoms with van der Waals surface area (Å²) in [6, 6.07) is 12.3. The number of nitrogens with one attached hydrogen (secondary N) is 6. The number of aromatic amines is 4. The van der Waals surface area contributed by atoms with Crippen LogP contribution in [0.4, 0.5) is 0 Å². The first-order valence-electron chi connectivity index (χ1n) is 34.5. The molecule has 8 aliphatic rings.